The molecule has 1 aliphatic heterocycles. The van der Waals surface area contributed by atoms with Gasteiger partial charge >= 0.3 is 0 Å². The van der Waals surface area contributed by atoms with Gasteiger partial charge in [0.05, 0.1) is 0 Å². The van der Waals surface area contributed by atoms with Crippen LogP contribution in [-0.2, 0) is 15.5 Å². The van der Waals surface area contributed by atoms with Crippen molar-refractivity contribution in [2.45, 2.75) is 19.6 Å². The van der Waals surface area contributed by atoms with Gasteiger partial charge in [-0.25, -0.2) is 9.78 Å². The van der Waals surface area contributed by atoms with Crippen LogP contribution in [0.2, 0.25) is 0 Å². The van der Waals surface area contributed by atoms with Gasteiger partial charge in [-0.1, -0.05) is 29.8 Å². The summed E-state index contributed by atoms with van der Waals surface area (Å²) in [6.45, 7) is 3.82. The van der Waals surface area contributed by atoms with Gasteiger partial charge in [-0.2, -0.15) is 0 Å². The number of hydroxylamine groups is 2. The molecule has 0 aromatic heterocycles. The average Bonchev–Trinajstić information content (AvgIpc) is 2.49. The van der Waals surface area contributed by atoms with Crippen LogP contribution in [0.3, 0.4) is 0 Å². The van der Waals surface area contributed by atoms with Crippen molar-refractivity contribution in [2.24, 2.45) is 0 Å². The summed E-state index contributed by atoms with van der Waals surface area (Å²) in [6.07, 6.45) is 0. The average molecular weight is 195 g/mol. The van der Waals surface area contributed by atoms with E-state index in [4.69, 9.17) is 9.78 Å². The van der Waals surface area contributed by atoms with Crippen molar-refractivity contribution in [1.82, 2.24) is 5.06 Å². The third-order valence-corrected chi connectivity index (χ3v) is 2.48. The smallest absolute Gasteiger partial charge is 0.203 e. The third kappa shape index (κ3) is 1.42. The molecule has 1 heterocycles. The fourth-order valence-corrected chi connectivity index (χ4v) is 1.42. The molecule has 1 aromatic carbocycles. The summed E-state index contributed by atoms with van der Waals surface area (Å²) < 4.78 is 0. The molecule has 0 saturated carbocycles. The van der Waals surface area contributed by atoms with Crippen LogP contribution >= 0.6 is 0 Å². The van der Waals surface area contributed by atoms with Crippen LogP contribution in [0.5, 0.6) is 0 Å². The van der Waals surface area contributed by atoms with E-state index in [1.807, 2.05) is 31.2 Å². The van der Waals surface area contributed by atoms with Crippen LogP contribution in [0, 0.1) is 6.92 Å². The minimum Gasteiger partial charge on any atom is -0.308 e. The van der Waals surface area contributed by atoms with Gasteiger partial charge in [0.25, 0.3) is 0 Å². The Morgan fingerprint density at radius 3 is 2.50 bits per heavy atom. The highest BCUT2D eigenvalue weighted by Crippen LogP contribution is 2.32. The molecule has 2 rings (SSSR count). The second-order valence-corrected chi connectivity index (χ2v) is 3.58. The maximum Gasteiger partial charge on any atom is 0.203 e. The molecule has 1 atom stereocenters. The second kappa shape index (κ2) is 3.33. The van der Waals surface area contributed by atoms with Gasteiger partial charge in [0.15, 0.2) is 6.73 Å². The quantitative estimate of drug-likeness (QED) is 0.693. The van der Waals surface area contributed by atoms with E-state index < -0.39 is 5.72 Å². The first-order valence-corrected chi connectivity index (χ1v) is 4.47. The molecule has 76 valence electrons. The number of aryl methyl sites for hydroxylation is 1. The Kier molecular flexibility index (Phi) is 2.28. The number of hydrogen-bond donors (Lipinski definition) is 1. The van der Waals surface area contributed by atoms with Gasteiger partial charge in [-0.3, -0.25) is 0 Å². The van der Waals surface area contributed by atoms with Crippen molar-refractivity contribution < 1.29 is 15.0 Å². The van der Waals surface area contributed by atoms with Crippen LogP contribution in [0.4, 0.5) is 0 Å². The summed E-state index contributed by atoms with van der Waals surface area (Å²) in [5, 5.41) is 10.6. The fourth-order valence-electron chi connectivity index (χ4n) is 1.42. The van der Waals surface area contributed by atoms with Crippen LogP contribution in [-0.4, -0.2) is 17.0 Å². The van der Waals surface area contributed by atoms with Gasteiger partial charge in [0.2, 0.25) is 5.72 Å². The SMILES string of the molecule is Cc1ccc(C2(C)OOCN2O)cc1. The molecule has 1 aromatic rings. The molecule has 1 aliphatic rings. The van der Waals surface area contributed by atoms with Crippen molar-refractivity contribution in [2.75, 3.05) is 6.73 Å². The molecular weight excluding hydrogens is 182 g/mol. The first-order valence-electron chi connectivity index (χ1n) is 4.47. The second-order valence-electron chi connectivity index (χ2n) is 3.58. The Morgan fingerprint density at radius 1 is 1.36 bits per heavy atom. The Hall–Kier alpha value is -0.940. The van der Waals surface area contributed by atoms with Crippen molar-refractivity contribution in [3.63, 3.8) is 0 Å². The summed E-state index contributed by atoms with van der Waals surface area (Å²) in [5.74, 6) is 0. The van der Waals surface area contributed by atoms with E-state index in [1.54, 1.807) is 6.92 Å². The molecule has 0 amide bonds. The highest BCUT2D eigenvalue weighted by Gasteiger charge is 2.41. The minimum absolute atomic E-state index is 0.0599. The topological polar surface area (TPSA) is 41.9 Å². The zero-order valence-electron chi connectivity index (χ0n) is 8.23. The van der Waals surface area contributed by atoms with Crippen molar-refractivity contribution in [3.8, 4) is 0 Å². The van der Waals surface area contributed by atoms with Crippen molar-refractivity contribution in [3.05, 3.63) is 35.4 Å². The highest BCUT2D eigenvalue weighted by molar-refractivity contribution is 5.25. The molecule has 0 aliphatic carbocycles. The van der Waals surface area contributed by atoms with Crippen LogP contribution in [0.1, 0.15) is 18.1 Å². The maximum atomic E-state index is 9.55. The van der Waals surface area contributed by atoms with Gasteiger partial charge < -0.3 is 5.21 Å². The lowest BCUT2D eigenvalue weighted by molar-refractivity contribution is -0.325. The van der Waals surface area contributed by atoms with Crippen LogP contribution in [0.25, 0.3) is 0 Å². The summed E-state index contributed by atoms with van der Waals surface area (Å²) in [4.78, 5) is 9.79. The predicted octanol–water partition coefficient (Wildman–Crippen LogP) is 1.78. The van der Waals surface area contributed by atoms with E-state index in [2.05, 4.69) is 0 Å². The first-order chi connectivity index (χ1) is 6.63. The zero-order valence-corrected chi connectivity index (χ0v) is 8.23. The minimum atomic E-state index is -0.895. The molecular formula is C10H13NO3. The summed E-state index contributed by atoms with van der Waals surface area (Å²) in [6, 6.07) is 7.76. The number of hydrogen-bond acceptors (Lipinski definition) is 4. The monoisotopic (exact) mass is 195 g/mol. The maximum absolute atomic E-state index is 9.55. The molecule has 0 radical (unpaired) electrons. The molecule has 0 spiro atoms. The standard InChI is InChI=1S/C10H13NO3/c1-8-3-5-9(6-4-8)10(2)11(12)7-13-14-10/h3-6,12H,7H2,1-2H3. The van der Waals surface area contributed by atoms with Crippen LogP contribution in [0.15, 0.2) is 24.3 Å². The molecule has 0 bridgehead atoms. The summed E-state index contributed by atoms with van der Waals surface area (Å²) >= 11 is 0. The lowest BCUT2D eigenvalue weighted by atomic mass is 10.0. The van der Waals surface area contributed by atoms with Crippen LogP contribution < -0.4 is 0 Å². The van der Waals surface area contributed by atoms with Gasteiger partial charge in [0.1, 0.15) is 0 Å². The van der Waals surface area contributed by atoms with E-state index in [0.717, 1.165) is 10.6 Å². The van der Waals surface area contributed by atoms with E-state index in [-0.39, 0.29) is 6.73 Å². The van der Waals surface area contributed by atoms with Gasteiger partial charge in [0, 0.05) is 5.56 Å². The van der Waals surface area contributed by atoms with Gasteiger partial charge in [-0.15, -0.1) is 5.06 Å². The van der Waals surface area contributed by atoms with E-state index in [9.17, 15) is 5.21 Å². The highest BCUT2D eigenvalue weighted by atomic mass is 17.2. The Morgan fingerprint density at radius 2 is 2.00 bits per heavy atom. The molecule has 1 fully saturated rings. The van der Waals surface area contributed by atoms with Gasteiger partial charge in [-0.05, 0) is 13.8 Å². The number of benzene rings is 1. The molecule has 14 heavy (non-hydrogen) atoms. The van der Waals surface area contributed by atoms with E-state index in [1.165, 1.54) is 5.56 Å². The van der Waals surface area contributed by atoms with Crippen molar-refractivity contribution >= 4 is 0 Å². The number of rotatable bonds is 1. The summed E-state index contributed by atoms with van der Waals surface area (Å²) in [5.41, 5.74) is 1.14. The summed E-state index contributed by atoms with van der Waals surface area (Å²) in [7, 11) is 0. The predicted molar refractivity (Wildman–Crippen MR) is 49.2 cm³/mol. The lowest BCUT2D eigenvalue weighted by Gasteiger charge is -2.25. The first kappa shape index (κ1) is 9.61. The zero-order chi connectivity index (χ0) is 10.2. The molecule has 1 unspecified atom stereocenters. The normalized spacial score (nSPS) is 28.2. The Balaban J connectivity index is 2.34. The molecule has 4 nitrogen and oxygen atoms in total. The largest absolute Gasteiger partial charge is 0.308 e. The molecule has 1 N–H and O–H groups in total. The number of nitrogens with zero attached hydrogens (tertiary/aromatic N) is 1. The molecule has 4 heteroatoms. The fraction of sp³-hybridized carbons (Fsp3) is 0.400. The van der Waals surface area contributed by atoms with E-state index in [0.29, 0.717) is 0 Å². The Bertz CT molecular complexity index is 325. The molecule has 1 saturated heterocycles. The third-order valence-electron chi connectivity index (χ3n) is 2.48. The van der Waals surface area contributed by atoms with Crippen molar-refractivity contribution in [1.29, 1.82) is 0 Å². The Labute approximate surface area is 82.5 Å². The van der Waals surface area contributed by atoms with E-state index >= 15 is 0 Å². The lowest BCUT2D eigenvalue weighted by Crippen LogP contribution is -2.36.